The number of aryl methyl sites for hydroxylation is 1. The lowest BCUT2D eigenvalue weighted by molar-refractivity contribution is -0.0508. The van der Waals surface area contributed by atoms with Gasteiger partial charge in [0.1, 0.15) is 0 Å². The van der Waals surface area contributed by atoms with Gasteiger partial charge in [0, 0.05) is 13.7 Å². The van der Waals surface area contributed by atoms with E-state index in [9.17, 15) is 0 Å². The van der Waals surface area contributed by atoms with Gasteiger partial charge in [-0.3, -0.25) is 5.84 Å². The third kappa shape index (κ3) is 2.71. The maximum Gasteiger partial charge on any atom is 0.0934 e. The number of hydrogen-bond acceptors (Lipinski definition) is 5. The van der Waals surface area contributed by atoms with Gasteiger partial charge >= 0.3 is 0 Å². The number of methoxy groups -OCH3 is 1. The highest BCUT2D eigenvalue weighted by atomic mass is 16.5. The van der Waals surface area contributed by atoms with Crippen LogP contribution in [0, 0.1) is 0 Å². The maximum absolute atomic E-state index is 5.74. The Morgan fingerprint density at radius 2 is 2.11 bits per heavy atom. The molecule has 0 spiro atoms. The van der Waals surface area contributed by atoms with Crippen LogP contribution in [-0.4, -0.2) is 27.7 Å². The smallest absolute Gasteiger partial charge is 0.0934 e. The van der Waals surface area contributed by atoms with Crippen molar-refractivity contribution in [3.8, 4) is 0 Å². The van der Waals surface area contributed by atoms with Crippen LogP contribution in [0.3, 0.4) is 0 Å². The first-order valence-electron chi connectivity index (χ1n) is 6.58. The van der Waals surface area contributed by atoms with Crippen LogP contribution in [0.5, 0.6) is 0 Å². The van der Waals surface area contributed by atoms with E-state index in [2.05, 4.69) is 36.5 Å². The molecule has 1 atom stereocenters. The molecule has 1 aromatic heterocycles. The van der Waals surface area contributed by atoms with Crippen molar-refractivity contribution in [2.24, 2.45) is 5.84 Å². The van der Waals surface area contributed by atoms with E-state index in [1.165, 1.54) is 0 Å². The fourth-order valence-corrected chi connectivity index (χ4v) is 2.45. The lowest BCUT2D eigenvalue weighted by Gasteiger charge is -2.37. The Balaban J connectivity index is 3.11. The molecule has 0 radical (unpaired) electrons. The van der Waals surface area contributed by atoms with Crippen LogP contribution in [0.1, 0.15) is 51.8 Å². The average molecular weight is 255 g/mol. The molecule has 0 aliphatic carbocycles. The molecule has 0 aliphatic heterocycles. The number of nitrogens with two attached hydrogens (primary N) is 1. The summed E-state index contributed by atoms with van der Waals surface area (Å²) >= 11 is 0. The standard InChI is InChI=1S/C12H25N5O/c1-5-8-17-10(9-14-16-17)11(15-13)12(6-2,7-3)18-4/h9,11,15H,5-8,13H2,1-4H3. The van der Waals surface area contributed by atoms with Crippen molar-refractivity contribution in [2.45, 2.75) is 58.2 Å². The van der Waals surface area contributed by atoms with E-state index in [4.69, 9.17) is 10.6 Å². The predicted molar refractivity (Wildman–Crippen MR) is 70.7 cm³/mol. The summed E-state index contributed by atoms with van der Waals surface area (Å²) in [4.78, 5) is 0. The zero-order valence-corrected chi connectivity index (χ0v) is 11.8. The van der Waals surface area contributed by atoms with Gasteiger partial charge in [-0.15, -0.1) is 5.10 Å². The molecule has 104 valence electrons. The van der Waals surface area contributed by atoms with Gasteiger partial charge in [0.15, 0.2) is 0 Å². The second-order valence-electron chi connectivity index (χ2n) is 4.46. The molecule has 1 rings (SSSR count). The first-order valence-corrected chi connectivity index (χ1v) is 6.58. The van der Waals surface area contributed by atoms with Gasteiger partial charge in [-0.2, -0.15) is 0 Å². The Hall–Kier alpha value is -0.980. The van der Waals surface area contributed by atoms with Crippen molar-refractivity contribution in [2.75, 3.05) is 7.11 Å². The normalized spacial score (nSPS) is 13.8. The molecule has 1 unspecified atom stereocenters. The van der Waals surface area contributed by atoms with Crippen LogP contribution in [0.2, 0.25) is 0 Å². The molecule has 6 heteroatoms. The minimum atomic E-state index is -0.331. The van der Waals surface area contributed by atoms with Crippen LogP contribution < -0.4 is 11.3 Å². The summed E-state index contributed by atoms with van der Waals surface area (Å²) in [6, 6.07) is -0.112. The maximum atomic E-state index is 5.74. The van der Waals surface area contributed by atoms with Gasteiger partial charge in [-0.25, -0.2) is 10.1 Å². The van der Waals surface area contributed by atoms with Gasteiger partial charge in [0.05, 0.1) is 23.5 Å². The SMILES string of the molecule is CCCn1nncc1C(NN)C(CC)(CC)OC. The molecule has 0 aliphatic rings. The molecule has 0 saturated heterocycles. The van der Waals surface area contributed by atoms with E-state index in [1.807, 2.05) is 4.68 Å². The number of hydrogen-bond donors (Lipinski definition) is 2. The van der Waals surface area contributed by atoms with Gasteiger partial charge in [-0.05, 0) is 19.3 Å². The van der Waals surface area contributed by atoms with E-state index >= 15 is 0 Å². The Bertz CT molecular complexity index is 340. The van der Waals surface area contributed by atoms with Crippen LogP contribution in [0.25, 0.3) is 0 Å². The van der Waals surface area contributed by atoms with Gasteiger partial charge in [0.2, 0.25) is 0 Å². The highest BCUT2D eigenvalue weighted by Crippen LogP contribution is 2.34. The Morgan fingerprint density at radius 1 is 1.44 bits per heavy atom. The van der Waals surface area contributed by atoms with Crippen molar-refractivity contribution >= 4 is 0 Å². The molecule has 1 heterocycles. The molecule has 0 saturated carbocycles. The van der Waals surface area contributed by atoms with E-state index in [0.29, 0.717) is 0 Å². The summed E-state index contributed by atoms with van der Waals surface area (Å²) in [7, 11) is 1.73. The summed E-state index contributed by atoms with van der Waals surface area (Å²) in [5.41, 5.74) is 3.52. The molecule has 0 amide bonds. The topological polar surface area (TPSA) is 78.0 Å². The molecule has 0 aromatic carbocycles. The van der Waals surface area contributed by atoms with Crippen LogP contribution in [-0.2, 0) is 11.3 Å². The van der Waals surface area contributed by atoms with E-state index < -0.39 is 0 Å². The van der Waals surface area contributed by atoms with Crippen LogP contribution in [0.15, 0.2) is 6.20 Å². The second kappa shape index (κ2) is 6.82. The highest BCUT2D eigenvalue weighted by Gasteiger charge is 2.38. The Morgan fingerprint density at radius 3 is 2.56 bits per heavy atom. The zero-order chi connectivity index (χ0) is 13.6. The molecular weight excluding hydrogens is 230 g/mol. The fraction of sp³-hybridized carbons (Fsp3) is 0.833. The van der Waals surface area contributed by atoms with Gasteiger partial charge in [0.25, 0.3) is 0 Å². The van der Waals surface area contributed by atoms with Crippen molar-refractivity contribution in [1.29, 1.82) is 0 Å². The molecule has 3 N–H and O–H groups in total. The summed E-state index contributed by atoms with van der Waals surface area (Å²) < 4.78 is 7.63. The number of aromatic nitrogens is 3. The largest absolute Gasteiger partial charge is 0.376 e. The first kappa shape index (κ1) is 15.1. The summed E-state index contributed by atoms with van der Waals surface area (Å²) in [6.45, 7) is 7.15. The monoisotopic (exact) mass is 255 g/mol. The average Bonchev–Trinajstić information content (AvgIpc) is 2.84. The lowest BCUT2D eigenvalue weighted by atomic mass is 9.86. The number of nitrogens with one attached hydrogen (secondary N) is 1. The highest BCUT2D eigenvalue weighted by molar-refractivity contribution is 5.10. The molecular formula is C12H25N5O. The minimum absolute atomic E-state index is 0.112. The predicted octanol–water partition coefficient (Wildman–Crippen LogP) is 1.40. The molecule has 0 fully saturated rings. The third-order valence-corrected chi connectivity index (χ3v) is 3.68. The van der Waals surface area contributed by atoms with E-state index in [-0.39, 0.29) is 11.6 Å². The molecule has 18 heavy (non-hydrogen) atoms. The fourth-order valence-electron chi connectivity index (χ4n) is 2.45. The van der Waals surface area contributed by atoms with E-state index in [1.54, 1.807) is 13.3 Å². The number of rotatable bonds is 8. The second-order valence-corrected chi connectivity index (χ2v) is 4.46. The van der Waals surface area contributed by atoms with E-state index in [0.717, 1.165) is 31.5 Å². The summed E-state index contributed by atoms with van der Waals surface area (Å²) in [5, 5.41) is 8.09. The Kier molecular flexibility index (Phi) is 5.71. The van der Waals surface area contributed by atoms with Crippen molar-refractivity contribution in [3.05, 3.63) is 11.9 Å². The first-order chi connectivity index (χ1) is 8.68. The molecule has 1 aromatic rings. The number of nitrogens with zero attached hydrogens (tertiary/aromatic N) is 3. The summed E-state index contributed by atoms with van der Waals surface area (Å²) in [6.07, 6.45) is 4.50. The zero-order valence-electron chi connectivity index (χ0n) is 11.8. The quantitative estimate of drug-likeness (QED) is 0.542. The summed E-state index contributed by atoms with van der Waals surface area (Å²) in [5.74, 6) is 5.74. The van der Waals surface area contributed by atoms with Gasteiger partial charge < -0.3 is 4.74 Å². The van der Waals surface area contributed by atoms with Crippen molar-refractivity contribution in [3.63, 3.8) is 0 Å². The minimum Gasteiger partial charge on any atom is -0.376 e. The van der Waals surface area contributed by atoms with Crippen LogP contribution in [0.4, 0.5) is 0 Å². The van der Waals surface area contributed by atoms with Crippen molar-refractivity contribution in [1.82, 2.24) is 20.4 Å². The molecule has 0 bridgehead atoms. The molecule has 6 nitrogen and oxygen atoms in total. The van der Waals surface area contributed by atoms with Gasteiger partial charge in [-0.1, -0.05) is 26.0 Å². The van der Waals surface area contributed by atoms with Crippen molar-refractivity contribution < 1.29 is 4.74 Å². The Labute approximate surface area is 109 Å². The lowest BCUT2D eigenvalue weighted by Crippen LogP contribution is -2.48. The number of ether oxygens (including phenoxy) is 1. The number of hydrazine groups is 1. The van der Waals surface area contributed by atoms with Crippen LogP contribution >= 0.6 is 0 Å². The third-order valence-electron chi connectivity index (χ3n) is 3.68.